The molecule has 5 heteroatoms. The minimum Gasteiger partial charge on any atom is -0.467 e. The van der Waals surface area contributed by atoms with Crippen molar-refractivity contribution in [2.45, 2.75) is 52.5 Å². The highest BCUT2D eigenvalue weighted by atomic mass is 16.3. The van der Waals surface area contributed by atoms with Gasteiger partial charge in [-0.05, 0) is 50.2 Å². The van der Waals surface area contributed by atoms with E-state index in [0.29, 0.717) is 12.5 Å². The van der Waals surface area contributed by atoms with Crippen molar-refractivity contribution < 1.29 is 14.0 Å². The molecule has 2 amide bonds. The zero-order valence-electron chi connectivity index (χ0n) is 14.1. The Kier molecular flexibility index (Phi) is 6.68. The van der Waals surface area contributed by atoms with E-state index in [-0.39, 0.29) is 23.7 Å². The first-order chi connectivity index (χ1) is 11.1. The molecular weight excluding hydrogens is 292 g/mol. The summed E-state index contributed by atoms with van der Waals surface area (Å²) in [6.45, 7) is 5.49. The summed E-state index contributed by atoms with van der Waals surface area (Å²) in [4.78, 5) is 24.3. The SMILES string of the molecule is CC(C)CCNC(=O)C1CCC(C(=O)NCc2ccco2)CC1. The second-order valence-electron chi connectivity index (χ2n) is 6.82. The second-order valence-corrected chi connectivity index (χ2v) is 6.82. The average Bonchev–Trinajstić information content (AvgIpc) is 3.05. The number of hydrogen-bond acceptors (Lipinski definition) is 3. The molecule has 1 saturated carbocycles. The minimum absolute atomic E-state index is 0.0182. The van der Waals surface area contributed by atoms with Crippen molar-refractivity contribution >= 4 is 11.8 Å². The number of rotatable bonds is 7. The molecule has 1 aromatic heterocycles. The summed E-state index contributed by atoms with van der Waals surface area (Å²) < 4.78 is 5.21. The van der Waals surface area contributed by atoms with E-state index in [0.717, 1.165) is 44.4 Å². The van der Waals surface area contributed by atoms with Crippen LogP contribution >= 0.6 is 0 Å². The molecule has 1 aromatic rings. The second kappa shape index (κ2) is 8.75. The molecule has 2 rings (SSSR count). The van der Waals surface area contributed by atoms with E-state index in [9.17, 15) is 9.59 Å². The van der Waals surface area contributed by atoms with Gasteiger partial charge in [-0.15, -0.1) is 0 Å². The van der Waals surface area contributed by atoms with Crippen LogP contribution in [0.3, 0.4) is 0 Å². The normalized spacial score (nSPS) is 21.2. The maximum absolute atomic E-state index is 12.2. The Morgan fingerprint density at radius 3 is 2.26 bits per heavy atom. The first-order valence-electron chi connectivity index (χ1n) is 8.64. The highest BCUT2D eigenvalue weighted by Crippen LogP contribution is 2.29. The van der Waals surface area contributed by atoms with E-state index in [2.05, 4.69) is 24.5 Å². The summed E-state index contributed by atoms with van der Waals surface area (Å²) in [6, 6.07) is 3.66. The number of carbonyl (C=O) groups excluding carboxylic acids is 2. The molecule has 1 aliphatic carbocycles. The summed E-state index contributed by atoms with van der Waals surface area (Å²) >= 11 is 0. The quantitative estimate of drug-likeness (QED) is 0.811. The molecular formula is C18H28N2O3. The third-order valence-electron chi connectivity index (χ3n) is 4.51. The highest BCUT2D eigenvalue weighted by Gasteiger charge is 2.29. The van der Waals surface area contributed by atoms with Gasteiger partial charge in [0.1, 0.15) is 5.76 Å². The van der Waals surface area contributed by atoms with Crippen LogP contribution in [0.1, 0.15) is 51.7 Å². The van der Waals surface area contributed by atoms with Gasteiger partial charge in [-0.25, -0.2) is 0 Å². The lowest BCUT2D eigenvalue weighted by Crippen LogP contribution is -2.37. The van der Waals surface area contributed by atoms with Crippen molar-refractivity contribution in [3.05, 3.63) is 24.2 Å². The third-order valence-corrected chi connectivity index (χ3v) is 4.51. The van der Waals surface area contributed by atoms with Gasteiger partial charge in [0.25, 0.3) is 0 Å². The van der Waals surface area contributed by atoms with Crippen LogP contribution in [0.25, 0.3) is 0 Å². The minimum atomic E-state index is 0.0182. The molecule has 2 N–H and O–H groups in total. The standard InChI is InChI=1S/C18H28N2O3/c1-13(2)9-10-19-17(21)14-5-7-15(8-6-14)18(22)20-12-16-4-3-11-23-16/h3-4,11,13-15H,5-10,12H2,1-2H3,(H,19,21)(H,20,22). The fourth-order valence-corrected chi connectivity index (χ4v) is 2.98. The van der Waals surface area contributed by atoms with Crippen LogP contribution < -0.4 is 10.6 Å². The Balaban J connectivity index is 1.66. The van der Waals surface area contributed by atoms with Crippen molar-refractivity contribution in [2.75, 3.05) is 6.54 Å². The van der Waals surface area contributed by atoms with Gasteiger partial charge in [-0.2, -0.15) is 0 Å². The summed E-state index contributed by atoms with van der Waals surface area (Å²) in [6.07, 6.45) is 5.78. The van der Waals surface area contributed by atoms with Gasteiger partial charge < -0.3 is 15.1 Å². The molecule has 0 unspecified atom stereocenters. The van der Waals surface area contributed by atoms with E-state index in [4.69, 9.17) is 4.42 Å². The predicted octanol–water partition coefficient (Wildman–Crippen LogP) is 2.86. The maximum Gasteiger partial charge on any atom is 0.223 e. The van der Waals surface area contributed by atoms with Gasteiger partial charge in [0.05, 0.1) is 12.8 Å². The number of hydrogen-bond donors (Lipinski definition) is 2. The van der Waals surface area contributed by atoms with E-state index < -0.39 is 0 Å². The molecule has 0 aliphatic heterocycles. The first kappa shape index (κ1) is 17.6. The van der Waals surface area contributed by atoms with Crippen molar-refractivity contribution in [3.8, 4) is 0 Å². The van der Waals surface area contributed by atoms with Crippen LogP contribution in [0.15, 0.2) is 22.8 Å². The molecule has 0 aromatic carbocycles. The van der Waals surface area contributed by atoms with Gasteiger partial charge in [0.2, 0.25) is 11.8 Å². The van der Waals surface area contributed by atoms with Crippen molar-refractivity contribution in [1.82, 2.24) is 10.6 Å². The fourth-order valence-electron chi connectivity index (χ4n) is 2.98. The Labute approximate surface area is 138 Å². The van der Waals surface area contributed by atoms with Crippen LogP contribution in [0.2, 0.25) is 0 Å². The maximum atomic E-state index is 12.2. The zero-order chi connectivity index (χ0) is 16.7. The topological polar surface area (TPSA) is 71.3 Å². The van der Waals surface area contributed by atoms with Crippen LogP contribution in [0.4, 0.5) is 0 Å². The molecule has 128 valence electrons. The molecule has 0 bridgehead atoms. The Hall–Kier alpha value is -1.78. The van der Waals surface area contributed by atoms with E-state index in [1.165, 1.54) is 0 Å². The molecule has 1 heterocycles. The van der Waals surface area contributed by atoms with Gasteiger partial charge in [-0.3, -0.25) is 9.59 Å². The lowest BCUT2D eigenvalue weighted by atomic mass is 9.81. The summed E-state index contributed by atoms with van der Waals surface area (Å²) in [5.41, 5.74) is 0. The first-order valence-corrected chi connectivity index (χ1v) is 8.64. The smallest absolute Gasteiger partial charge is 0.223 e. The Morgan fingerprint density at radius 1 is 1.13 bits per heavy atom. The zero-order valence-corrected chi connectivity index (χ0v) is 14.1. The van der Waals surface area contributed by atoms with E-state index in [1.807, 2.05) is 12.1 Å². The summed E-state index contributed by atoms with van der Waals surface area (Å²) in [7, 11) is 0. The van der Waals surface area contributed by atoms with Crippen LogP contribution in [-0.2, 0) is 16.1 Å². The van der Waals surface area contributed by atoms with E-state index in [1.54, 1.807) is 6.26 Å². The van der Waals surface area contributed by atoms with Gasteiger partial charge in [0, 0.05) is 18.4 Å². The van der Waals surface area contributed by atoms with Crippen molar-refractivity contribution in [3.63, 3.8) is 0 Å². The van der Waals surface area contributed by atoms with Crippen LogP contribution in [0, 0.1) is 17.8 Å². The number of amides is 2. The molecule has 23 heavy (non-hydrogen) atoms. The molecule has 1 fully saturated rings. The fraction of sp³-hybridized carbons (Fsp3) is 0.667. The molecule has 0 spiro atoms. The van der Waals surface area contributed by atoms with Crippen molar-refractivity contribution in [2.24, 2.45) is 17.8 Å². The largest absolute Gasteiger partial charge is 0.467 e. The molecule has 0 saturated heterocycles. The monoisotopic (exact) mass is 320 g/mol. The Morgan fingerprint density at radius 2 is 1.74 bits per heavy atom. The van der Waals surface area contributed by atoms with Crippen LogP contribution in [-0.4, -0.2) is 18.4 Å². The predicted molar refractivity (Wildman–Crippen MR) is 88.5 cm³/mol. The van der Waals surface area contributed by atoms with Crippen molar-refractivity contribution in [1.29, 1.82) is 0 Å². The van der Waals surface area contributed by atoms with Gasteiger partial charge in [0.15, 0.2) is 0 Å². The molecule has 1 aliphatic rings. The van der Waals surface area contributed by atoms with Crippen LogP contribution in [0.5, 0.6) is 0 Å². The average molecular weight is 320 g/mol. The summed E-state index contributed by atoms with van der Waals surface area (Å²) in [5.74, 6) is 1.67. The van der Waals surface area contributed by atoms with E-state index >= 15 is 0 Å². The number of furan rings is 1. The van der Waals surface area contributed by atoms with Gasteiger partial charge in [-0.1, -0.05) is 13.8 Å². The molecule has 0 radical (unpaired) electrons. The number of carbonyl (C=O) groups is 2. The van der Waals surface area contributed by atoms with Gasteiger partial charge >= 0.3 is 0 Å². The number of nitrogens with one attached hydrogen (secondary N) is 2. The third kappa shape index (κ3) is 5.73. The highest BCUT2D eigenvalue weighted by molar-refractivity contribution is 5.81. The Bertz CT molecular complexity index is 488. The molecule has 5 nitrogen and oxygen atoms in total. The lowest BCUT2D eigenvalue weighted by molar-refractivity contribution is -0.130. The molecule has 0 atom stereocenters. The summed E-state index contributed by atoms with van der Waals surface area (Å²) in [5, 5.41) is 5.93. The lowest BCUT2D eigenvalue weighted by Gasteiger charge is -2.27.